The van der Waals surface area contributed by atoms with Crippen LogP contribution in [-0.4, -0.2) is 56.9 Å². The number of rotatable bonds is 9. The monoisotopic (exact) mass is 561 g/mol. The predicted molar refractivity (Wildman–Crippen MR) is 132 cm³/mol. The van der Waals surface area contributed by atoms with Crippen molar-refractivity contribution >= 4 is 35.6 Å². The van der Waals surface area contributed by atoms with E-state index in [0.717, 1.165) is 12.0 Å². The van der Waals surface area contributed by atoms with Crippen molar-refractivity contribution in [2.24, 2.45) is 4.99 Å². The molecule has 0 spiro atoms. The van der Waals surface area contributed by atoms with Crippen LogP contribution < -0.4 is 20.3 Å². The van der Waals surface area contributed by atoms with E-state index in [9.17, 15) is 8.78 Å². The van der Waals surface area contributed by atoms with Gasteiger partial charge in [-0.05, 0) is 31.0 Å². The number of methoxy groups -OCH3 is 1. The van der Waals surface area contributed by atoms with Crippen molar-refractivity contribution in [2.75, 3.05) is 44.9 Å². The maximum atomic E-state index is 14.1. The Hall–Kier alpha value is -2.21. The van der Waals surface area contributed by atoms with Crippen LogP contribution >= 0.6 is 24.0 Å². The Morgan fingerprint density at radius 2 is 2.00 bits per heavy atom. The summed E-state index contributed by atoms with van der Waals surface area (Å²) in [5.41, 5.74) is 0.977. The van der Waals surface area contributed by atoms with Crippen LogP contribution in [0, 0.1) is 11.6 Å². The van der Waals surface area contributed by atoms with Crippen molar-refractivity contribution < 1.29 is 18.3 Å². The van der Waals surface area contributed by atoms with E-state index in [1.165, 1.54) is 18.2 Å². The average Bonchev–Trinajstić information content (AvgIpc) is 3.21. The fourth-order valence-corrected chi connectivity index (χ4v) is 3.38. The highest BCUT2D eigenvalue weighted by atomic mass is 127. The molecule has 0 bridgehead atoms. The van der Waals surface area contributed by atoms with E-state index in [-0.39, 0.29) is 35.7 Å². The topological polar surface area (TPSA) is 71.0 Å². The Kier molecular flexibility index (Phi) is 10.9. The molecule has 1 aliphatic heterocycles. The van der Waals surface area contributed by atoms with Gasteiger partial charge in [0.1, 0.15) is 23.9 Å². The smallest absolute Gasteiger partial charge is 0.213 e. The van der Waals surface area contributed by atoms with E-state index >= 15 is 0 Å². The van der Waals surface area contributed by atoms with Gasteiger partial charge < -0.3 is 25.0 Å². The summed E-state index contributed by atoms with van der Waals surface area (Å²) < 4.78 is 38.6. The molecule has 1 aromatic heterocycles. The van der Waals surface area contributed by atoms with Gasteiger partial charge in [0.15, 0.2) is 5.96 Å². The van der Waals surface area contributed by atoms with E-state index in [0.29, 0.717) is 51.2 Å². The predicted octanol–water partition coefficient (Wildman–Crippen LogP) is 3.34. The maximum absolute atomic E-state index is 14.1. The first-order valence-electron chi connectivity index (χ1n) is 10.4. The summed E-state index contributed by atoms with van der Waals surface area (Å²) in [6, 6.07) is 7.70. The lowest BCUT2D eigenvalue weighted by Crippen LogP contribution is -2.44. The van der Waals surface area contributed by atoms with E-state index in [2.05, 4.69) is 20.6 Å². The number of hydrogen-bond donors (Lipinski definition) is 2. The lowest BCUT2D eigenvalue weighted by molar-refractivity contribution is 0.143. The number of nitrogens with zero attached hydrogens (tertiary/aromatic N) is 3. The molecule has 0 radical (unpaired) electrons. The highest BCUT2D eigenvalue weighted by Gasteiger charge is 2.27. The summed E-state index contributed by atoms with van der Waals surface area (Å²) in [6.07, 6.45) is 2.49. The Morgan fingerprint density at radius 1 is 1.22 bits per heavy atom. The first-order chi connectivity index (χ1) is 15.1. The number of halogens is 3. The zero-order valence-corrected chi connectivity index (χ0v) is 20.6. The SMILES string of the molecule is CCNC(=NCc1ccc(OCCOC)nc1)NC1CCN(c2c(F)cccc2F)C1.I. The number of benzene rings is 1. The summed E-state index contributed by atoms with van der Waals surface area (Å²) >= 11 is 0. The van der Waals surface area contributed by atoms with Gasteiger partial charge >= 0.3 is 0 Å². The molecule has 176 valence electrons. The van der Waals surface area contributed by atoms with Gasteiger partial charge in [-0.25, -0.2) is 18.8 Å². The van der Waals surface area contributed by atoms with Crippen LogP contribution in [0.1, 0.15) is 18.9 Å². The summed E-state index contributed by atoms with van der Waals surface area (Å²) in [5.74, 6) is 0.122. The van der Waals surface area contributed by atoms with Gasteiger partial charge in [-0.2, -0.15) is 0 Å². The van der Waals surface area contributed by atoms with Gasteiger partial charge in [-0.3, -0.25) is 0 Å². The largest absolute Gasteiger partial charge is 0.475 e. The van der Waals surface area contributed by atoms with Gasteiger partial charge in [-0.15, -0.1) is 24.0 Å². The number of anilines is 1. The molecule has 1 atom stereocenters. The van der Waals surface area contributed by atoms with Crippen LogP contribution in [0.25, 0.3) is 0 Å². The zero-order chi connectivity index (χ0) is 22.1. The molecule has 0 amide bonds. The fraction of sp³-hybridized carbons (Fsp3) is 0.455. The average molecular weight is 561 g/mol. The normalized spacial score (nSPS) is 15.9. The highest BCUT2D eigenvalue weighted by Crippen LogP contribution is 2.26. The standard InChI is InChI=1S/C22H29F2N5O2.HI/c1-3-25-22(27-14-16-7-8-20(26-13-16)31-12-11-30-2)28-17-9-10-29(15-17)21-18(23)5-4-6-19(21)24;/h4-8,13,17H,3,9-12,14-15H2,1-2H3,(H2,25,27,28);1H. The Balaban J connectivity index is 0.00000363. The third-order valence-corrected chi connectivity index (χ3v) is 4.88. The molecule has 0 aliphatic carbocycles. The number of para-hydroxylation sites is 1. The first-order valence-corrected chi connectivity index (χ1v) is 10.4. The third kappa shape index (κ3) is 7.44. The van der Waals surface area contributed by atoms with Crippen LogP contribution in [0.2, 0.25) is 0 Å². The van der Waals surface area contributed by atoms with Crippen molar-refractivity contribution in [3.8, 4) is 5.88 Å². The van der Waals surface area contributed by atoms with Crippen molar-refractivity contribution in [3.63, 3.8) is 0 Å². The lowest BCUT2D eigenvalue weighted by Gasteiger charge is -2.21. The lowest BCUT2D eigenvalue weighted by atomic mass is 10.2. The van der Waals surface area contributed by atoms with Gasteiger partial charge in [0, 0.05) is 45.0 Å². The molecular weight excluding hydrogens is 531 g/mol. The second-order valence-corrected chi connectivity index (χ2v) is 7.19. The van der Waals surface area contributed by atoms with Gasteiger partial charge in [0.25, 0.3) is 0 Å². The molecule has 7 nitrogen and oxygen atoms in total. The minimum atomic E-state index is -0.539. The van der Waals surface area contributed by atoms with Crippen LogP contribution in [0.5, 0.6) is 5.88 Å². The highest BCUT2D eigenvalue weighted by molar-refractivity contribution is 14.0. The second-order valence-electron chi connectivity index (χ2n) is 7.19. The second kappa shape index (κ2) is 13.4. The molecule has 0 saturated carbocycles. The van der Waals surface area contributed by atoms with Crippen molar-refractivity contribution in [1.29, 1.82) is 0 Å². The Morgan fingerprint density at radius 3 is 2.66 bits per heavy atom. The number of guanidine groups is 1. The van der Waals surface area contributed by atoms with E-state index < -0.39 is 11.6 Å². The minimum absolute atomic E-state index is 0. The summed E-state index contributed by atoms with van der Waals surface area (Å²) in [5, 5.41) is 6.58. The molecule has 10 heteroatoms. The van der Waals surface area contributed by atoms with Crippen molar-refractivity contribution in [2.45, 2.75) is 25.9 Å². The summed E-state index contributed by atoms with van der Waals surface area (Å²) in [7, 11) is 1.62. The summed E-state index contributed by atoms with van der Waals surface area (Å²) in [6.45, 7) is 5.16. The van der Waals surface area contributed by atoms with E-state index in [4.69, 9.17) is 9.47 Å². The van der Waals surface area contributed by atoms with Crippen molar-refractivity contribution in [3.05, 3.63) is 53.7 Å². The fourth-order valence-electron chi connectivity index (χ4n) is 3.38. The van der Waals surface area contributed by atoms with Crippen molar-refractivity contribution in [1.82, 2.24) is 15.6 Å². The maximum Gasteiger partial charge on any atom is 0.213 e. The number of nitrogens with one attached hydrogen (secondary N) is 2. The Bertz CT molecular complexity index is 850. The molecule has 1 aromatic carbocycles. The molecule has 1 aliphatic rings. The van der Waals surface area contributed by atoms with Gasteiger partial charge in [0.05, 0.1) is 13.2 Å². The summed E-state index contributed by atoms with van der Waals surface area (Å²) in [4.78, 5) is 10.6. The zero-order valence-electron chi connectivity index (χ0n) is 18.3. The first kappa shape index (κ1) is 26.0. The minimum Gasteiger partial charge on any atom is -0.475 e. The third-order valence-electron chi connectivity index (χ3n) is 4.88. The van der Waals surface area contributed by atoms with Crippen LogP contribution in [0.4, 0.5) is 14.5 Å². The number of ether oxygens (including phenoxy) is 2. The van der Waals surface area contributed by atoms with Crippen LogP contribution in [0.3, 0.4) is 0 Å². The molecule has 2 N–H and O–H groups in total. The molecule has 2 aromatic rings. The molecular formula is C22H30F2IN5O2. The van der Waals surface area contributed by atoms with Gasteiger partial charge in [0.2, 0.25) is 5.88 Å². The number of hydrogen-bond acceptors (Lipinski definition) is 5. The quantitative estimate of drug-likeness (QED) is 0.212. The molecule has 1 saturated heterocycles. The van der Waals surface area contributed by atoms with Crippen LogP contribution in [-0.2, 0) is 11.3 Å². The van der Waals surface area contributed by atoms with Gasteiger partial charge in [-0.1, -0.05) is 12.1 Å². The molecule has 32 heavy (non-hydrogen) atoms. The van der Waals surface area contributed by atoms with Crippen LogP contribution in [0.15, 0.2) is 41.5 Å². The number of aromatic nitrogens is 1. The Labute approximate surface area is 204 Å². The van der Waals surface area contributed by atoms with E-state index in [1.807, 2.05) is 13.0 Å². The number of pyridine rings is 1. The molecule has 3 rings (SSSR count). The molecule has 1 fully saturated rings. The molecule has 2 heterocycles. The number of aliphatic imine (C=N–C) groups is 1. The van der Waals surface area contributed by atoms with E-state index in [1.54, 1.807) is 24.3 Å². The molecule has 1 unspecified atom stereocenters.